The van der Waals surface area contributed by atoms with E-state index >= 15 is 0 Å². The largest absolute Gasteiger partial charge is 0.507 e. The van der Waals surface area contributed by atoms with Crippen LogP contribution in [-0.4, -0.2) is 17.0 Å². The third-order valence-corrected chi connectivity index (χ3v) is 2.15. The van der Waals surface area contributed by atoms with Gasteiger partial charge in [0, 0.05) is 11.4 Å². The van der Waals surface area contributed by atoms with Gasteiger partial charge < -0.3 is 9.94 Å². The van der Waals surface area contributed by atoms with Crippen molar-refractivity contribution in [1.82, 2.24) is 5.48 Å². The van der Waals surface area contributed by atoms with Gasteiger partial charge in [-0.3, -0.25) is 4.79 Å². The van der Waals surface area contributed by atoms with Crippen LogP contribution in [0.25, 0.3) is 0 Å². The van der Waals surface area contributed by atoms with Crippen LogP contribution < -0.4 is 5.48 Å². The van der Waals surface area contributed by atoms with Crippen LogP contribution in [0.1, 0.15) is 30.1 Å². The highest BCUT2D eigenvalue weighted by Gasteiger charge is 2.13. The van der Waals surface area contributed by atoms with Gasteiger partial charge in [0.25, 0.3) is 5.91 Å². The van der Waals surface area contributed by atoms with E-state index < -0.39 is 11.9 Å². The average molecular weight is 258 g/mol. The Balaban J connectivity index is 2.61. The van der Waals surface area contributed by atoms with Crippen molar-refractivity contribution in [2.45, 2.75) is 19.8 Å². The van der Waals surface area contributed by atoms with E-state index in [1.165, 1.54) is 18.2 Å². The smallest absolute Gasteiger partial charge is 0.332 e. The zero-order valence-corrected chi connectivity index (χ0v) is 9.95. The van der Waals surface area contributed by atoms with Gasteiger partial charge in [0.15, 0.2) is 0 Å². The number of hydroxylamine groups is 1. The fourth-order valence-corrected chi connectivity index (χ4v) is 1.28. The van der Waals surface area contributed by atoms with Crippen molar-refractivity contribution >= 4 is 23.5 Å². The molecule has 0 aliphatic heterocycles. The second kappa shape index (κ2) is 6.10. The topological polar surface area (TPSA) is 75.6 Å². The molecule has 0 aliphatic carbocycles. The maximum atomic E-state index is 11.5. The number of aromatic hydroxyl groups is 1. The van der Waals surface area contributed by atoms with Crippen molar-refractivity contribution in [3.8, 4) is 5.75 Å². The lowest BCUT2D eigenvalue weighted by Crippen LogP contribution is -2.26. The van der Waals surface area contributed by atoms with Gasteiger partial charge >= 0.3 is 5.97 Å². The molecular weight excluding hydrogens is 246 g/mol. The van der Waals surface area contributed by atoms with E-state index in [-0.39, 0.29) is 17.7 Å². The zero-order chi connectivity index (χ0) is 12.8. The lowest BCUT2D eigenvalue weighted by Gasteiger charge is -2.06. The maximum absolute atomic E-state index is 11.5. The van der Waals surface area contributed by atoms with Gasteiger partial charge in [-0.15, -0.1) is 0 Å². The van der Waals surface area contributed by atoms with Crippen molar-refractivity contribution in [1.29, 1.82) is 0 Å². The van der Waals surface area contributed by atoms with E-state index in [0.717, 1.165) is 0 Å². The Bertz CT molecular complexity index is 433. The lowest BCUT2D eigenvalue weighted by atomic mass is 10.2. The Morgan fingerprint density at radius 1 is 1.47 bits per heavy atom. The first-order valence-electron chi connectivity index (χ1n) is 5.03. The molecule has 6 heteroatoms. The first-order valence-corrected chi connectivity index (χ1v) is 5.41. The highest BCUT2D eigenvalue weighted by Crippen LogP contribution is 2.21. The van der Waals surface area contributed by atoms with E-state index in [1.54, 1.807) is 0 Å². The molecule has 1 aromatic rings. The number of amides is 1. The molecule has 0 unspecified atom stereocenters. The highest BCUT2D eigenvalue weighted by atomic mass is 35.5. The van der Waals surface area contributed by atoms with Crippen LogP contribution in [0.4, 0.5) is 0 Å². The normalized spacial score (nSPS) is 9.76. The molecule has 0 saturated heterocycles. The molecular formula is C11H12ClNO4. The maximum Gasteiger partial charge on any atom is 0.332 e. The summed E-state index contributed by atoms with van der Waals surface area (Å²) in [4.78, 5) is 27.0. The Kier molecular flexibility index (Phi) is 4.78. The number of hydrogen-bond donors (Lipinski definition) is 2. The first kappa shape index (κ1) is 13.3. The van der Waals surface area contributed by atoms with Crippen molar-refractivity contribution in [3.63, 3.8) is 0 Å². The minimum atomic E-state index is -0.705. The summed E-state index contributed by atoms with van der Waals surface area (Å²) in [5.74, 6) is -1.51. The van der Waals surface area contributed by atoms with E-state index in [4.69, 9.17) is 11.6 Å². The second-order valence-electron chi connectivity index (χ2n) is 3.32. The number of halogens is 1. The fraction of sp³-hybridized carbons (Fsp3) is 0.273. The molecule has 17 heavy (non-hydrogen) atoms. The molecule has 0 aliphatic rings. The predicted octanol–water partition coefficient (Wildman–Crippen LogP) is 2.03. The van der Waals surface area contributed by atoms with Gasteiger partial charge in [0.2, 0.25) is 0 Å². The molecule has 5 nitrogen and oxygen atoms in total. The monoisotopic (exact) mass is 257 g/mol. The van der Waals surface area contributed by atoms with Gasteiger partial charge in [0.1, 0.15) is 5.75 Å². The molecule has 0 spiro atoms. The first-order chi connectivity index (χ1) is 8.04. The van der Waals surface area contributed by atoms with Crippen molar-refractivity contribution in [2.75, 3.05) is 0 Å². The van der Waals surface area contributed by atoms with Crippen molar-refractivity contribution < 1.29 is 19.5 Å². The van der Waals surface area contributed by atoms with Gasteiger partial charge in [0.05, 0.1) is 5.56 Å². The molecule has 0 heterocycles. The predicted molar refractivity (Wildman–Crippen MR) is 61.6 cm³/mol. The van der Waals surface area contributed by atoms with Gasteiger partial charge in [-0.2, -0.15) is 5.48 Å². The molecule has 1 amide bonds. The Morgan fingerprint density at radius 3 is 2.76 bits per heavy atom. The average Bonchev–Trinajstić information content (AvgIpc) is 2.26. The Hall–Kier alpha value is -1.75. The molecule has 0 saturated carbocycles. The number of carbonyl (C=O) groups excluding carboxylic acids is 2. The Morgan fingerprint density at radius 2 is 2.18 bits per heavy atom. The summed E-state index contributed by atoms with van der Waals surface area (Å²) in [5, 5.41) is 9.75. The van der Waals surface area contributed by atoms with Gasteiger partial charge in [-0.05, 0) is 24.6 Å². The standard InChI is InChI=1S/C11H12ClNO4/c1-2-3-10(15)17-13-11(16)8-5-4-7(12)6-9(8)14/h4-6,14H,2-3H2,1H3,(H,13,16). The number of hydrogen-bond acceptors (Lipinski definition) is 4. The number of benzene rings is 1. The fourth-order valence-electron chi connectivity index (χ4n) is 1.11. The molecule has 92 valence electrons. The summed E-state index contributed by atoms with van der Waals surface area (Å²) in [7, 11) is 0. The molecule has 0 atom stereocenters. The minimum Gasteiger partial charge on any atom is -0.507 e. The molecule has 1 aromatic carbocycles. The molecule has 0 fully saturated rings. The quantitative estimate of drug-likeness (QED) is 0.813. The molecule has 0 radical (unpaired) electrons. The van der Waals surface area contributed by atoms with Crippen LogP contribution >= 0.6 is 11.6 Å². The van der Waals surface area contributed by atoms with Gasteiger partial charge in [-0.1, -0.05) is 18.5 Å². The van der Waals surface area contributed by atoms with E-state index in [0.29, 0.717) is 11.4 Å². The summed E-state index contributed by atoms with van der Waals surface area (Å²) in [6.45, 7) is 1.81. The number of carbonyl (C=O) groups is 2. The minimum absolute atomic E-state index is 0.0151. The van der Waals surface area contributed by atoms with E-state index in [2.05, 4.69) is 4.84 Å². The summed E-state index contributed by atoms with van der Waals surface area (Å²) in [5.41, 5.74) is 1.94. The third-order valence-electron chi connectivity index (χ3n) is 1.92. The molecule has 1 rings (SSSR count). The molecule has 2 N–H and O–H groups in total. The summed E-state index contributed by atoms with van der Waals surface area (Å²) >= 11 is 5.61. The summed E-state index contributed by atoms with van der Waals surface area (Å²) in [6.07, 6.45) is 0.841. The van der Waals surface area contributed by atoms with Crippen molar-refractivity contribution in [2.24, 2.45) is 0 Å². The Labute approximate surface area is 103 Å². The van der Waals surface area contributed by atoms with Crippen LogP contribution in [0.3, 0.4) is 0 Å². The van der Waals surface area contributed by atoms with Crippen molar-refractivity contribution in [3.05, 3.63) is 28.8 Å². The summed E-state index contributed by atoms with van der Waals surface area (Å²) < 4.78 is 0. The number of phenols is 1. The van der Waals surface area contributed by atoms with E-state index in [9.17, 15) is 14.7 Å². The highest BCUT2D eigenvalue weighted by molar-refractivity contribution is 6.30. The van der Waals surface area contributed by atoms with Crippen LogP contribution in [0.5, 0.6) is 5.75 Å². The van der Waals surface area contributed by atoms with Crippen LogP contribution in [0.15, 0.2) is 18.2 Å². The third kappa shape index (κ3) is 3.96. The number of phenolic OH excluding ortho intramolecular Hbond substituents is 1. The number of rotatable bonds is 3. The van der Waals surface area contributed by atoms with Gasteiger partial charge in [-0.25, -0.2) is 4.79 Å². The summed E-state index contributed by atoms with van der Waals surface area (Å²) in [6, 6.07) is 4.01. The van der Waals surface area contributed by atoms with Crippen LogP contribution in [-0.2, 0) is 9.63 Å². The SMILES string of the molecule is CCCC(=O)ONC(=O)c1ccc(Cl)cc1O. The molecule has 0 aromatic heterocycles. The van der Waals surface area contributed by atoms with Crippen LogP contribution in [0, 0.1) is 0 Å². The van der Waals surface area contributed by atoms with Crippen LogP contribution in [0.2, 0.25) is 5.02 Å². The lowest BCUT2D eigenvalue weighted by molar-refractivity contribution is -0.149. The van der Waals surface area contributed by atoms with E-state index in [1.807, 2.05) is 12.4 Å². The second-order valence-corrected chi connectivity index (χ2v) is 3.75. The molecule has 0 bridgehead atoms. The number of nitrogens with one attached hydrogen (secondary N) is 1. The zero-order valence-electron chi connectivity index (χ0n) is 9.20.